The number of thiocarbonyl (C=S) groups is 1. The summed E-state index contributed by atoms with van der Waals surface area (Å²) in [4.78, 5) is 21.8. The molecule has 2 N–H and O–H groups in total. The Bertz CT molecular complexity index is 1400. The molecular formula is C27H20N4O2S. The number of fused-ring (bicyclic) bond motifs is 1. The number of carbonyl (C=O) groups excluding carboxylic acids is 1. The highest BCUT2D eigenvalue weighted by atomic mass is 32.1. The van der Waals surface area contributed by atoms with Gasteiger partial charge >= 0.3 is 0 Å². The molecule has 34 heavy (non-hydrogen) atoms. The van der Waals surface area contributed by atoms with E-state index in [-0.39, 0.29) is 11.0 Å². The van der Waals surface area contributed by atoms with Crippen molar-refractivity contribution < 1.29 is 9.21 Å². The van der Waals surface area contributed by atoms with E-state index in [1.165, 1.54) is 0 Å². The lowest BCUT2D eigenvalue weighted by molar-refractivity contribution is -0.120. The monoisotopic (exact) mass is 464 g/mol. The summed E-state index contributed by atoms with van der Waals surface area (Å²) in [5, 5.41) is 6.12. The first-order chi connectivity index (χ1) is 16.7. The van der Waals surface area contributed by atoms with Gasteiger partial charge in [-0.05, 0) is 53.7 Å². The molecular weight excluding hydrogens is 444 g/mol. The zero-order valence-corrected chi connectivity index (χ0v) is 18.8. The van der Waals surface area contributed by atoms with Gasteiger partial charge in [-0.25, -0.2) is 4.98 Å². The van der Waals surface area contributed by atoms with Crippen molar-refractivity contribution in [3.8, 4) is 11.5 Å². The number of oxazole rings is 1. The average molecular weight is 465 g/mol. The minimum Gasteiger partial charge on any atom is -0.436 e. The van der Waals surface area contributed by atoms with Gasteiger partial charge in [0.25, 0.3) is 0 Å². The number of nitrogens with zero attached hydrogens (tertiary/aromatic N) is 2. The van der Waals surface area contributed by atoms with Crippen LogP contribution in [0.3, 0.4) is 0 Å². The first-order valence-electron chi connectivity index (χ1n) is 10.7. The largest absolute Gasteiger partial charge is 0.436 e. The van der Waals surface area contributed by atoms with Gasteiger partial charge in [0.05, 0.1) is 5.92 Å². The van der Waals surface area contributed by atoms with Crippen molar-refractivity contribution in [2.45, 2.75) is 5.92 Å². The molecule has 0 spiro atoms. The second-order valence-corrected chi connectivity index (χ2v) is 8.04. The summed E-state index contributed by atoms with van der Waals surface area (Å²) < 4.78 is 5.84. The van der Waals surface area contributed by atoms with Crippen LogP contribution in [0.1, 0.15) is 17.0 Å². The van der Waals surface area contributed by atoms with Crippen LogP contribution in [0.15, 0.2) is 108 Å². The summed E-state index contributed by atoms with van der Waals surface area (Å²) in [5.74, 6) is -0.181. The molecule has 0 unspecified atom stereocenters. The fourth-order valence-electron chi connectivity index (χ4n) is 3.76. The molecule has 2 heterocycles. The molecule has 0 aliphatic rings. The normalized spacial score (nSPS) is 10.9. The van der Waals surface area contributed by atoms with Crippen LogP contribution >= 0.6 is 12.2 Å². The van der Waals surface area contributed by atoms with E-state index in [9.17, 15) is 4.79 Å². The van der Waals surface area contributed by atoms with Gasteiger partial charge in [-0.2, -0.15) is 0 Å². The number of hydrogen-bond acceptors (Lipinski definition) is 5. The summed E-state index contributed by atoms with van der Waals surface area (Å²) in [5.41, 5.74) is 4.65. The minimum atomic E-state index is -0.483. The standard InChI is InChI=1S/C27H20N4O2S/c32-25(24(18-7-3-1-4-8-18)19-9-5-2-6-10-19)31-27(34)29-21-11-12-23-22(17-21)30-26(33-23)20-13-15-28-16-14-20/h1-17,24H,(H2,29,31,32,34). The van der Waals surface area contributed by atoms with Gasteiger partial charge in [-0.1, -0.05) is 60.7 Å². The Morgan fingerprint density at radius 2 is 1.50 bits per heavy atom. The summed E-state index contributed by atoms with van der Waals surface area (Å²) >= 11 is 5.44. The van der Waals surface area contributed by atoms with Gasteiger partial charge < -0.3 is 15.1 Å². The topological polar surface area (TPSA) is 80.0 Å². The number of nitrogens with one attached hydrogen (secondary N) is 2. The molecule has 0 radical (unpaired) electrons. The molecule has 0 aliphatic carbocycles. The minimum absolute atomic E-state index is 0.207. The van der Waals surface area contributed by atoms with Crippen LogP contribution < -0.4 is 10.6 Å². The van der Waals surface area contributed by atoms with Crippen molar-refractivity contribution in [3.05, 3.63) is 115 Å². The zero-order valence-electron chi connectivity index (χ0n) is 18.0. The van der Waals surface area contributed by atoms with Crippen LogP contribution in [0, 0.1) is 0 Å². The van der Waals surface area contributed by atoms with Gasteiger partial charge in [0, 0.05) is 23.6 Å². The molecule has 7 heteroatoms. The summed E-state index contributed by atoms with van der Waals surface area (Å²) in [6.45, 7) is 0. The predicted molar refractivity (Wildman–Crippen MR) is 136 cm³/mol. The van der Waals surface area contributed by atoms with Gasteiger partial charge in [0.2, 0.25) is 11.8 Å². The molecule has 0 fully saturated rings. The summed E-state index contributed by atoms with van der Waals surface area (Å²) in [6.07, 6.45) is 3.38. The Hall–Kier alpha value is -4.36. The highest BCUT2D eigenvalue weighted by Crippen LogP contribution is 2.27. The van der Waals surface area contributed by atoms with Gasteiger partial charge in [0.1, 0.15) is 5.52 Å². The molecule has 3 aromatic carbocycles. The first kappa shape index (κ1) is 21.5. The van der Waals surface area contributed by atoms with Crippen molar-refractivity contribution in [2.24, 2.45) is 0 Å². The molecule has 6 nitrogen and oxygen atoms in total. The SMILES string of the molecule is O=C(NC(=S)Nc1ccc2oc(-c3ccncc3)nc2c1)C(c1ccccc1)c1ccccc1. The fraction of sp³-hybridized carbons (Fsp3) is 0.0370. The van der Waals surface area contributed by atoms with Crippen LogP contribution in [0.4, 0.5) is 5.69 Å². The first-order valence-corrected chi connectivity index (χ1v) is 11.1. The van der Waals surface area contributed by atoms with E-state index in [1.54, 1.807) is 12.4 Å². The third kappa shape index (κ3) is 4.69. The van der Waals surface area contributed by atoms with Crippen molar-refractivity contribution in [1.82, 2.24) is 15.3 Å². The van der Waals surface area contributed by atoms with E-state index in [4.69, 9.17) is 16.6 Å². The second-order valence-electron chi connectivity index (χ2n) is 7.64. The molecule has 5 aromatic rings. The van der Waals surface area contributed by atoms with Gasteiger partial charge in [0.15, 0.2) is 10.7 Å². The Labute approximate surface area is 201 Å². The highest BCUT2D eigenvalue weighted by molar-refractivity contribution is 7.80. The second kappa shape index (κ2) is 9.64. The van der Waals surface area contributed by atoms with E-state index in [0.29, 0.717) is 22.7 Å². The van der Waals surface area contributed by atoms with Gasteiger partial charge in [-0.15, -0.1) is 0 Å². The van der Waals surface area contributed by atoms with Gasteiger partial charge in [-0.3, -0.25) is 9.78 Å². The maximum atomic E-state index is 13.2. The molecule has 1 amide bonds. The molecule has 2 aromatic heterocycles. The smallest absolute Gasteiger partial charge is 0.238 e. The van der Waals surface area contributed by atoms with Crippen molar-refractivity contribution in [2.75, 3.05) is 5.32 Å². The lowest BCUT2D eigenvalue weighted by Gasteiger charge is -2.18. The van der Waals surface area contributed by atoms with Crippen LogP contribution in [-0.2, 0) is 4.79 Å². The number of rotatable bonds is 5. The number of pyridine rings is 1. The lowest BCUT2D eigenvalue weighted by atomic mass is 9.90. The third-order valence-corrected chi connectivity index (χ3v) is 5.54. The maximum absolute atomic E-state index is 13.2. The van der Waals surface area contributed by atoms with Crippen molar-refractivity contribution in [3.63, 3.8) is 0 Å². The molecule has 5 rings (SSSR count). The molecule has 0 atom stereocenters. The molecule has 0 aliphatic heterocycles. The molecule has 166 valence electrons. The Balaban J connectivity index is 1.33. The number of hydrogen-bond donors (Lipinski definition) is 2. The third-order valence-electron chi connectivity index (χ3n) is 5.34. The summed E-state index contributed by atoms with van der Waals surface area (Å²) in [6, 6.07) is 28.4. The average Bonchev–Trinajstić information content (AvgIpc) is 3.29. The quantitative estimate of drug-likeness (QED) is 0.333. The van der Waals surface area contributed by atoms with E-state index >= 15 is 0 Å². The van der Waals surface area contributed by atoms with E-state index in [2.05, 4.69) is 20.6 Å². The number of amides is 1. The highest BCUT2D eigenvalue weighted by Gasteiger charge is 2.23. The van der Waals surface area contributed by atoms with Crippen molar-refractivity contribution >= 4 is 40.0 Å². The predicted octanol–water partition coefficient (Wildman–Crippen LogP) is 5.53. The Morgan fingerprint density at radius 3 is 2.15 bits per heavy atom. The number of benzene rings is 3. The van der Waals surface area contributed by atoms with Crippen LogP contribution in [0.25, 0.3) is 22.6 Å². The van der Waals surface area contributed by atoms with E-state index < -0.39 is 5.92 Å². The Morgan fingerprint density at radius 1 is 0.853 bits per heavy atom. The molecule has 0 saturated carbocycles. The van der Waals surface area contributed by atoms with Crippen LogP contribution in [-0.4, -0.2) is 21.0 Å². The van der Waals surface area contributed by atoms with Crippen molar-refractivity contribution in [1.29, 1.82) is 0 Å². The van der Waals surface area contributed by atoms with Crippen LogP contribution in [0.5, 0.6) is 0 Å². The number of carbonyl (C=O) groups is 1. The number of anilines is 1. The maximum Gasteiger partial charge on any atom is 0.238 e. The van der Waals surface area contributed by atoms with E-state index in [0.717, 1.165) is 16.7 Å². The summed E-state index contributed by atoms with van der Waals surface area (Å²) in [7, 11) is 0. The van der Waals surface area contributed by atoms with Crippen LogP contribution in [0.2, 0.25) is 0 Å². The van der Waals surface area contributed by atoms with E-state index in [1.807, 2.05) is 91.0 Å². The fourth-order valence-corrected chi connectivity index (χ4v) is 3.97. The lowest BCUT2D eigenvalue weighted by Crippen LogP contribution is -2.37. The Kier molecular flexibility index (Phi) is 6.09. The number of aromatic nitrogens is 2. The molecule has 0 bridgehead atoms. The zero-order chi connectivity index (χ0) is 23.3. The molecule has 0 saturated heterocycles.